The van der Waals surface area contributed by atoms with E-state index >= 15 is 0 Å². The summed E-state index contributed by atoms with van der Waals surface area (Å²) in [6.45, 7) is 4.47. The van der Waals surface area contributed by atoms with E-state index in [-0.39, 0.29) is 0 Å². The van der Waals surface area contributed by atoms with E-state index in [1.54, 1.807) is 10.4 Å². The highest BCUT2D eigenvalue weighted by molar-refractivity contribution is 7.98. The van der Waals surface area contributed by atoms with E-state index in [9.17, 15) is 0 Å². The Morgan fingerprint density at radius 3 is 3.20 bits per heavy atom. The highest BCUT2D eigenvalue weighted by Gasteiger charge is 2.12. The van der Waals surface area contributed by atoms with Gasteiger partial charge in [-0.05, 0) is 36.8 Å². The van der Waals surface area contributed by atoms with Gasteiger partial charge in [-0.15, -0.1) is 11.3 Å². The Kier molecular flexibility index (Phi) is 4.54. The number of rotatable bonds is 5. The Morgan fingerprint density at radius 2 is 2.40 bits per heavy atom. The molecule has 0 saturated heterocycles. The van der Waals surface area contributed by atoms with Crippen LogP contribution in [0.1, 0.15) is 35.1 Å². The van der Waals surface area contributed by atoms with Gasteiger partial charge in [-0.25, -0.2) is 0 Å². The Labute approximate surface area is 101 Å². The average molecular weight is 241 g/mol. The first kappa shape index (κ1) is 11.5. The molecule has 0 spiro atoms. The summed E-state index contributed by atoms with van der Waals surface area (Å²) in [5.41, 5.74) is 1.60. The molecular weight excluding hydrogens is 222 g/mol. The standard InChI is InChI=1S/C12H19NS2/c1-2-3-5-13-8-11-7-10-9-14-6-4-12(10)15-11/h7,13H,2-6,8-9H2,1H3. The molecule has 0 atom stereocenters. The zero-order valence-corrected chi connectivity index (χ0v) is 11.0. The van der Waals surface area contributed by atoms with Gasteiger partial charge in [-0.2, -0.15) is 11.8 Å². The maximum Gasteiger partial charge on any atom is 0.0299 e. The van der Waals surface area contributed by atoms with Gasteiger partial charge >= 0.3 is 0 Å². The lowest BCUT2D eigenvalue weighted by Crippen LogP contribution is -2.13. The number of fused-ring (bicyclic) bond motifs is 1. The average Bonchev–Trinajstić information content (AvgIpc) is 2.67. The molecule has 1 aromatic heterocycles. The lowest BCUT2D eigenvalue weighted by Gasteiger charge is -2.08. The third kappa shape index (κ3) is 3.23. The zero-order chi connectivity index (χ0) is 10.5. The van der Waals surface area contributed by atoms with Crippen LogP contribution in [0.4, 0.5) is 0 Å². The summed E-state index contributed by atoms with van der Waals surface area (Å²) in [6.07, 6.45) is 3.87. The minimum absolute atomic E-state index is 1.07. The summed E-state index contributed by atoms with van der Waals surface area (Å²) in [5.74, 6) is 2.55. The number of aryl methyl sites for hydroxylation is 1. The van der Waals surface area contributed by atoms with E-state index in [2.05, 4.69) is 30.1 Å². The fourth-order valence-electron chi connectivity index (χ4n) is 1.81. The van der Waals surface area contributed by atoms with Crippen molar-refractivity contribution in [3.63, 3.8) is 0 Å². The van der Waals surface area contributed by atoms with E-state index in [1.165, 1.54) is 35.6 Å². The van der Waals surface area contributed by atoms with Crippen molar-refractivity contribution in [3.8, 4) is 0 Å². The van der Waals surface area contributed by atoms with Crippen LogP contribution < -0.4 is 5.32 Å². The number of thiophene rings is 1. The summed E-state index contributed by atoms with van der Waals surface area (Å²) >= 11 is 4.09. The van der Waals surface area contributed by atoms with E-state index in [1.807, 2.05) is 11.3 Å². The second kappa shape index (κ2) is 5.92. The molecule has 0 radical (unpaired) electrons. The molecular formula is C12H19NS2. The maximum absolute atomic E-state index is 3.52. The third-order valence-corrected chi connectivity index (χ3v) is 4.93. The number of hydrogen-bond donors (Lipinski definition) is 1. The molecule has 15 heavy (non-hydrogen) atoms. The summed E-state index contributed by atoms with van der Waals surface area (Å²) in [6, 6.07) is 2.41. The van der Waals surface area contributed by atoms with Gasteiger partial charge in [0, 0.05) is 22.1 Å². The number of thioether (sulfide) groups is 1. The van der Waals surface area contributed by atoms with E-state index in [4.69, 9.17) is 0 Å². The van der Waals surface area contributed by atoms with Crippen molar-refractivity contribution >= 4 is 23.1 Å². The van der Waals surface area contributed by atoms with Gasteiger partial charge in [0.05, 0.1) is 0 Å². The molecule has 2 heterocycles. The molecule has 1 aromatic rings. The van der Waals surface area contributed by atoms with Gasteiger partial charge in [0.2, 0.25) is 0 Å². The van der Waals surface area contributed by atoms with Crippen LogP contribution in [0.2, 0.25) is 0 Å². The van der Waals surface area contributed by atoms with Crippen molar-refractivity contribution in [2.24, 2.45) is 0 Å². The Hall–Kier alpha value is 0.01000. The van der Waals surface area contributed by atoms with Crippen molar-refractivity contribution in [3.05, 3.63) is 21.4 Å². The smallest absolute Gasteiger partial charge is 0.0299 e. The number of nitrogens with one attached hydrogen (secondary N) is 1. The predicted molar refractivity (Wildman–Crippen MR) is 70.8 cm³/mol. The maximum atomic E-state index is 3.52. The van der Waals surface area contributed by atoms with Crippen LogP contribution >= 0.6 is 23.1 Å². The normalized spacial score (nSPS) is 15.3. The minimum atomic E-state index is 1.07. The Morgan fingerprint density at radius 1 is 1.47 bits per heavy atom. The van der Waals surface area contributed by atoms with E-state index < -0.39 is 0 Å². The second-order valence-electron chi connectivity index (χ2n) is 3.99. The monoisotopic (exact) mass is 241 g/mol. The third-order valence-electron chi connectivity index (χ3n) is 2.69. The fourth-order valence-corrected chi connectivity index (χ4v) is 4.16. The molecule has 1 nitrogen and oxygen atoms in total. The Balaban J connectivity index is 1.84. The van der Waals surface area contributed by atoms with E-state index in [0.29, 0.717) is 0 Å². The molecule has 0 amide bonds. The molecule has 0 bridgehead atoms. The van der Waals surface area contributed by atoms with Gasteiger partial charge < -0.3 is 5.32 Å². The zero-order valence-electron chi connectivity index (χ0n) is 9.34. The second-order valence-corrected chi connectivity index (χ2v) is 6.32. The number of unbranched alkanes of at least 4 members (excludes halogenated alkanes) is 1. The van der Waals surface area contributed by atoms with Crippen molar-refractivity contribution in [1.82, 2.24) is 5.32 Å². The van der Waals surface area contributed by atoms with Gasteiger partial charge in [0.1, 0.15) is 0 Å². The largest absolute Gasteiger partial charge is 0.312 e. The molecule has 0 aromatic carbocycles. The lowest BCUT2D eigenvalue weighted by molar-refractivity contribution is 0.646. The van der Waals surface area contributed by atoms with Crippen molar-refractivity contribution in [1.29, 1.82) is 0 Å². The molecule has 0 aliphatic carbocycles. The number of hydrogen-bond acceptors (Lipinski definition) is 3. The lowest BCUT2D eigenvalue weighted by atomic mass is 10.2. The molecule has 84 valence electrons. The van der Waals surface area contributed by atoms with Crippen LogP contribution in [0.5, 0.6) is 0 Å². The first-order valence-electron chi connectivity index (χ1n) is 5.79. The van der Waals surface area contributed by atoms with Crippen LogP contribution in [0.25, 0.3) is 0 Å². The predicted octanol–water partition coefficient (Wildman–Crippen LogP) is 3.43. The van der Waals surface area contributed by atoms with Crippen molar-refractivity contribution in [2.75, 3.05) is 12.3 Å². The van der Waals surface area contributed by atoms with Crippen LogP contribution in [0, 0.1) is 0 Å². The topological polar surface area (TPSA) is 12.0 Å². The minimum Gasteiger partial charge on any atom is -0.312 e. The molecule has 0 unspecified atom stereocenters. The van der Waals surface area contributed by atoms with Crippen LogP contribution in [-0.2, 0) is 18.7 Å². The molecule has 1 aliphatic rings. The summed E-state index contributed by atoms with van der Waals surface area (Å²) in [7, 11) is 0. The molecule has 3 heteroatoms. The summed E-state index contributed by atoms with van der Waals surface area (Å²) < 4.78 is 0. The van der Waals surface area contributed by atoms with Crippen LogP contribution in [0.3, 0.4) is 0 Å². The molecule has 2 rings (SSSR count). The van der Waals surface area contributed by atoms with Crippen LogP contribution in [0.15, 0.2) is 6.07 Å². The van der Waals surface area contributed by atoms with Crippen LogP contribution in [-0.4, -0.2) is 12.3 Å². The van der Waals surface area contributed by atoms with Gasteiger partial charge in [-0.3, -0.25) is 0 Å². The van der Waals surface area contributed by atoms with Gasteiger partial charge in [0.25, 0.3) is 0 Å². The van der Waals surface area contributed by atoms with Gasteiger partial charge in [0.15, 0.2) is 0 Å². The van der Waals surface area contributed by atoms with E-state index in [0.717, 1.165) is 13.1 Å². The highest BCUT2D eigenvalue weighted by Crippen LogP contribution is 2.31. The SMILES string of the molecule is CCCCNCc1cc2c(s1)CCSC2. The van der Waals surface area contributed by atoms with Crippen molar-refractivity contribution < 1.29 is 0 Å². The molecule has 1 N–H and O–H groups in total. The van der Waals surface area contributed by atoms with Gasteiger partial charge in [-0.1, -0.05) is 13.3 Å². The first-order valence-corrected chi connectivity index (χ1v) is 7.76. The van der Waals surface area contributed by atoms with Crippen molar-refractivity contribution in [2.45, 2.75) is 38.5 Å². The Bertz CT molecular complexity index is 283. The highest BCUT2D eigenvalue weighted by atomic mass is 32.2. The molecule has 0 saturated carbocycles. The quantitative estimate of drug-likeness (QED) is 0.793. The molecule has 1 aliphatic heterocycles. The fraction of sp³-hybridized carbons (Fsp3) is 0.667. The molecule has 0 fully saturated rings. The first-order chi connectivity index (χ1) is 7.40. The summed E-state index contributed by atoms with van der Waals surface area (Å²) in [4.78, 5) is 3.17. The summed E-state index contributed by atoms with van der Waals surface area (Å²) in [5, 5.41) is 3.52.